The predicted octanol–water partition coefficient (Wildman–Crippen LogP) is 17.0. The minimum atomic E-state index is -1.93. The second kappa shape index (κ2) is 55.9. The largest absolute Gasteiger partial charge is 0.479 e. The highest BCUT2D eigenvalue weighted by Gasteiger charge is 2.50. The lowest BCUT2D eigenvalue weighted by Gasteiger charge is -2.40. The summed E-state index contributed by atoms with van der Waals surface area (Å²) in [5.74, 6) is -3.23. The number of ether oxygens (including phenoxy) is 5. The van der Waals surface area contributed by atoms with E-state index in [4.69, 9.17) is 23.7 Å². The second-order valence-electron chi connectivity index (χ2n) is 21.3. The fourth-order valence-electron chi connectivity index (χ4n) is 8.93. The molecule has 460 valence electrons. The van der Waals surface area contributed by atoms with E-state index in [1.807, 2.05) is 12.2 Å². The molecule has 0 aromatic heterocycles. The van der Waals surface area contributed by atoms with Crippen LogP contribution >= 0.6 is 0 Å². The van der Waals surface area contributed by atoms with Gasteiger partial charge in [0.1, 0.15) is 18.8 Å². The molecule has 1 saturated heterocycles. The average molecular weight is 1130 g/mol. The standard InChI is InChI=1S/C69H112O12/c1-4-7-10-13-16-19-22-25-28-30-31-33-35-37-40-43-46-49-52-55-61(70)77-58-60(79-62(71)56-53-50-47-44-41-38-34-27-24-21-18-15-12-9-6-3)59-78-69-67(65(74)64(73)66(81-69)68(75)76)80-63(72)57-54-51-48-45-42-39-36-32-29-26-23-20-17-14-11-8-5-2/h8,11,16-17,19-20,25-29,31,33-34,36,39,45,48,60,64-67,69,73-74H,4-7,9-10,12-15,18,21-24,30,32,35,37-38,40-44,46-47,49-59H2,1-3H3,(H,75,76)/b11-8-,19-16-,20-17-,28-25-,29-26-,33-31-,34-27-,39-36-,48-45-. The molecule has 0 radical (unpaired) electrons. The van der Waals surface area contributed by atoms with Crippen molar-refractivity contribution >= 4 is 23.9 Å². The van der Waals surface area contributed by atoms with Crippen molar-refractivity contribution in [1.29, 1.82) is 0 Å². The van der Waals surface area contributed by atoms with E-state index >= 15 is 0 Å². The number of carboxylic acids is 1. The van der Waals surface area contributed by atoms with Crippen LogP contribution in [-0.4, -0.2) is 89.2 Å². The molecule has 3 N–H and O–H groups in total. The van der Waals surface area contributed by atoms with Crippen LogP contribution in [0.25, 0.3) is 0 Å². The second-order valence-corrected chi connectivity index (χ2v) is 21.3. The fourth-order valence-corrected chi connectivity index (χ4v) is 8.93. The van der Waals surface area contributed by atoms with E-state index in [1.54, 1.807) is 0 Å². The van der Waals surface area contributed by atoms with Crippen molar-refractivity contribution in [2.24, 2.45) is 0 Å². The molecule has 1 aliphatic heterocycles. The van der Waals surface area contributed by atoms with Crippen molar-refractivity contribution < 1.29 is 58.2 Å². The summed E-state index contributed by atoms with van der Waals surface area (Å²) in [5.41, 5.74) is 0. The van der Waals surface area contributed by atoms with Gasteiger partial charge in [-0.2, -0.15) is 0 Å². The summed E-state index contributed by atoms with van der Waals surface area (Å²) < 4.78 is 28.4. The van der Waals surface area contributed by atoms with Gasteiger partial charge in [-0.3, -0.25) is 14.4 Å². The number of unbranched alkanes of at least 4 members (excludes halogenated alkanes) is 21. The first-order chi connectivity index (χ1) is 39.6. The normalized spacial score (nSPS) is 18.5. The van der Waals surface area contributed by atoms with Gasteiger partial charge in [0.25, 0.3) is 0 Å². The Labute approximate surface area is 491 Å². The first-order valence-electron chi connectivity index (χ1n) is 31.9. The number of aliphatic hydroxyl groups excluding tert-OH is 2. The number of aliphatic carboxylic acids is 1. The molecule has 0 amide bonds. The monoisotopic (exact) mass is 1130 g/mol. The van der Waals surface area contributed by atoms with Gasteiger partial charge < -0.3 is 39.0 Å². The van der Waals surface area contributed by atoms with E-state index in [9.17, 15) is 34.5 Å². The quantitative estimate of drug-likeness (QED) is 0.0228. The molecule has 1 aliphatic rings. The zero-order valence-corrected chi connectivity index (χ0v) is 50.7. The van der Waals surface area contributed by atoms with Crippen molar-refractivity contribution in [2.75, 3.05) is 13.2 Å². The Morgan fingerprint density at radius 3 is 1.26 bits per heavy atom. The molecule has 0 bridgehead atoms. The molecule has 0 aromatic carbocycles. The van der Waals surface area contributed by atoms with Gasteiger partial charge in [0, 0.05) is 19.3 Å². The number of carbonyl (C=O) groups is 4. The fraction of sp³-hybridized carbons (Fsp3) is 0.681. The molecule has 6 atom stereocenters. The minimum absolute atomic E-state index is 0.0247. The maximum atomic E-state index is 13.2. The highest BCUT2D eigenvalue weighted by molar-refractivity contribution is 5.74. The molecule has 0 aromatic rings. The SMILES string of the molecule is CC/C=C\C/C=C\C/C=C\C/C=C\C/C=C\CCCC(=O)OC1C(OCC(COC(=O)CCCCCCCC/C=C\C/C=C\C/C=C\CCCCC)OC(=O)CCCCCCC/C=C\CCCCCCCC)OC(C(=O)O)C(O)C1O. The third-order valence-electron chi connectivity index (χ3n) is 13.8. The van der Waals surface area contributed by atoms with E-state index in [2.05, 4.69) is 118 Å². The van der Waals surface area contributed by atoms with Crippen LogP contribution in [0.4, 0.5) is 0 Å². The number of carboxylic acid groups (broad SMARTS) is 1. The van der Waals surface area contributed by atoms with Crippen LogP contribution in [0.1, 0.15) is 252 Å². The molecule has 0 saturated carbocycles. The summed E-state index contributed by atoms with van der Waals surface area (Å²) in [6.45, 7) is 5.81. The van der Waals surface area contributed by atoms with Gasteiger partial charge >= 0.3 is 23.9 Å². The van der Waals surface area contributed by atoms with Crippen molar-refractivity contribution in [3.8, 4) is 0 Å². The number of allylic oxidation sites excluding steroid dienone is 18. The van der Waals surface area contributed by atoms with Crippen molar-refractivity contribution in [3.63, 3.8) is 0 Å². The summed E-state index contributed by atoms with van der Waals surface area (Å²) >= 11 is 0. The third kappa shape index (κ3) is 45.6. The first kappa shape index (κ1) is 74.4. The van der Waals surface area contributed by atoms with Gasteiger partial charge in [-0.25, -0.2) is 4.79 Å². The zero-order valence-electron chi connectivity index (χ0n) is 50.7. The lowest BCUT2D eigenvalue weighted by atomic mass is 9.98. The smallest absolute Gasteiger partial charge is 0.335 e. The van der Waals surface area contributed by atoms with E-state index in [0.717, 1.165) is 122 Å². The van der Waals surface area contributed by atoms with Crippen LogP contribution in [0.15, 0.2) is 109 Å². The average Bonchev–Trinajstić information content (AvgIpc) is 3.53. The molecule has 0 spiro atoms. The number of carbonyl (C=O) groups excluding carboxylic acids is 3. The Morgan fingerprint density at radius 2 is 0.790 bits per heavy atom. The van der Waals surface area contributed by atoms with Crippen molar-refractivity contribution in [1.82, 2.24) is 0 Å². The van der Waals surface area contributed by atoms with Gasteiger partial charge in [-0.05, 0) is 122 Å². The van der Waals surface area contributed by atoms with E-state index in [1.165, 1.54) is 64.2 Å². The summed E-state index contributed by atoms with van der Waals surface area (Å²) in [4.78, 5) is 51.3. The first-order valence-corrected chi connectivity index (χ1v) is 31.9. The lowest BCUT2D eigenvalue weighted by molar-refractivity contribution is -0.301. The summed E-state index contributed by atoms with van der Waals surface area (Å²) in [7, 11) is 0. The van der Waals surface area contributed by atoms with Crippen LogP contribution in [-0.2, 0) is 42.9 Å². The Hall–Kier alpha value is -4.62. The minimum Gasteiger partial charge on any atom is -0.479 e. The number of hydrogen-bond donors (Lipinski definition) is 3. The molecule has 6 unspecified atom stereocenters. The molecule has 1 fully saturated rings. The van der Waals surface area contributed by atoms with Gasteiger partial charge in [0.15, 0.2) is 24.6 Å². The van der Waals surface area contributed by atoms with Crippen molar-refractivity contribution in [3.05, 3.63) is 109 Å². The third-order valence-corrected chi connectivity index (χ3v) is 13.8. The van der Waals surface area contributed by atoms with E-state index < -0.39 is 67.3 Å². The topological polar surface area (TPSA) is 175 Å². The summed E-state index contributed by atoms with van der Waals surface area (Å²) in [5, 5.41) is 31.5. The summed E-state index contributed by atoms with van der Waals surface area (Å²) in [6.07, 6.45) is 63.3. The Bertz CT molecular complexity index is 1820. The zero-order chi connectivity index (χ0) is 58.9. The molecule has 0 aliphatic carbocycles. The summed E-state index contributed by atoms with van der Waals surface area (Å²) in [6, 6.07) is 0. The van der Waals surface area contributed by atoms with Crippen LogP contribution in [0.2, 0.25) is 0 Å². The van der Waals surface area contributed by atoms with Crippen LogP contribution < -0.4 is 0 Å². The highest BCUT2D eigenvalue weighted by Crippen LogP contribution is 2.26. The van der Waals surface area contributed by atoms with Crippen LogP contribution in [0.5, 0.6) is 0 Å². The number of aliphatic hydroxyl groups is 2. The Balaban J connectivity index is 2.72. The van der Waals surface area contributed by atoms with Gasteiger partial charge in [0.2, 0.25) is 0 Å². The molecule has 1 heterocycles. The molecule has 12 heteroatoms. The van der Waals surface area contributed by atoms with Gasteiger partial charge in [-0.15, -0.1) is 0 Å². The number of hydrogen-bond acceptors (Lipinski definition) is 11. The molecule has 81 heavy (non-hydrogen) atoms. The van der Waals surface area contributed by atoms with Crippen LogP contribution in [0.3, 0.4) is 0 Å². The molecule has 12 nitrogen and oxygen atoms in total. The molecular weight excluding hydrogens is 1020 g/mol. The van der Waals surface area contributed by atoms with Crippen molar-refractivity contribution in [2.45, 2.75) is 289 Å². The van der Waals surface area contributed by atoms with Crippen LogP contribution in [0, 0.1) is 0 Å². The molecule has 1 rings (SSSR count). The van der Waals surface area contributed by atoms with Gasteiger partial charge in [0.05, 0.1) is 6.61 Å². The van der Waals surface area contributed by atoms with E-state index in [-0.39, 0.29) is 25.9 Å². The van der Waals surface area contributed by atoms with E-state index in [0.29, 0.717) is 25.7 Å². The Kier molecular flexibility index (Phi) is 51.3. The lowest BCUT2D eigenvalue weighted by Crippen LogP contribution is -2.61. The number of esters is 3. The highest BCUT2D eigenvalue weighted by atomic mass is 16.7. The Morgan fingerprint density at radius 1 is 0.420 bits per heavy atom. The van der Waals surface area contributed by atoms with Gasteiger partial charge in [-0.1, -0.05) is 220 Å². The maximum absolute atomic E-state index is 13.2. The molecular formula is C69H112O12. The number of rotatable bonds is 53. The predicted molar refractivity (Wildman–Crippen MR) is 330 cm³/mol. The maximum Gasteiger partial charge on any atom is 0.335 e.